The molecule has 1 saturated heterocycles. The number of rotatable bonds is 4. The summed E-state index contributed by atoms with van der Waals surface area (Å²) in [4.78, 5) is 3.07. The molecule has 20 heavy (non-hydrogen) atoms. The maximum absolute atomic E-state index is 13.0. The molecule has 6 heteroatoms. The summed E-state index contributed by atoms with van der Waals surface area (Å²) in [5.74, 6) is 0. The zero-order chi connectivity index (χ0) is 17.1. The van der Waals surface area contributed by atoms with Crippen LogP contribution in [0.2, 0.25) is 0 Å². The van der Waals surface area contributed by atoms with Gasteiger partial charge >= 0.3 is 6.18 Å². The first-order chi connectivity index (χ1) is 10.6. The molecule has 0 spiro atoms. The van der Waals surface area contributed by atoms with Crippen LogP contribution in [0.1, 0.15) is 9.68 Å². The van der Waals surface area contributed by atoms with Crippen molar-refractivity contribution in [2.45, 2.75) is 18.9 Å². The molecule has 1 atom stereocenters. The van der Waals surface area contributed by atoms with Gasteiger partial charge in [-0.15, -0.1) is 0 Å². The predicted molar refractivity (Wildman–Crippen MR) is 70.1 cm³/mol. The molecule has 0 saturated carbocycles. The molecule has 112 valence electrons. The molecule has 2 rings (SSSR count). The molecule has 0 amide bonds. The SMILES string of the molecule is [2H]C([2H])([2H])OC(N1CCN(Cc2ccccc2)CC1)C(F)(F)F. The van der Waals surface area contributed by atoms with E-state index in [2.05, 4.69) is 4.74 Å². The highest BCUT2D eigenvalue weighted by Crippen LogP contribution is 2.26. The Kier molecular flexibility index (Phi) is 3.79. The van der Waals surface area contributed by atoms with Crippen molar-refractivity contribution >= 4 is 0 Å². The van der Waals surface area contributed by atoms with E-state index in [9.17, 15) is 13.2 Å². The molecular weight excluding hydrogens is 269 g/mol. The van der Waals surface area contributed by atoms with Crippen LogP contribution < -0.4 is 0 Å². The molecular formula is C14H19F3N2O. The van der Waals surface area contributed by atoms with E-state index < -0.39 is 19.4 Å². The molecule has 0 aliphatic carbocycles. The second-order valence-corrected chi connectivity index (χ2v) is 4.81. The molecule has 0 N–H and O–H groups in total. The van der Waals surface area contributed by atoms with E-state index in [1.165, 1.54) is 0 Å². The van der Waals surface area contributed by atoms with E-state index in [1.54, 1.807) is 0 Å². The lowest BCUT2D eigenvalue weighted by atomic mass is 10.2. The van der Waals surface area contributed by atoms with E-state index in [0.29, 0.717) is 19.6 Å². The maximum Gasteiger partial charge on any atom is 0.428 e. The summed E-state index contributed by atoms with van der Waals surface area (Å²) >= 11 is 0. The summed E-state index contributed by atoms with van der Waals surface area (Å²) < 4.78 is 64.2. The Morgan fingerprint density at radius 3 is 2.40 bits per heavy atom. The lowest BCUT2D eigenvalue weighted by molar-refractivity contribution is -0.262. The van der Waals surface area contributed by atoms with Crippen molar-refractivity contribution < 1.29 is 22.0 Å². The topological polar surface area (TPSA) is 15.7 Å². The average molecular weight is 291 g/mol. The number of piperazine rings is 1. The first kappa shape index (κ1) is 11.5. The third-order valence-electron chi connectivity index (χ3n) is 3.38. The molecule has 1 aliphatic rings. The number of benzene rings is 1. The van der Waals surface area contributed by atoms with Crippen LogP contribution in [0.15, 0.2) is 30.3 Å². The van der Waals surface area contributed by atoms with E-state index in [1.807, 2.05) is 35.2 Å². The Balaban J connectivity index is 1.93. The van der Waals surface area contributed by atoms with E-state index in [4.69, 9.17) is 4.11 Å². The van der Waals surface area contributed by atoms with Gasteiger partial charge in [-0.1, -0.05) is 30.3 Å². The van der Waals surface area contributed by atoms with Gasteiger partial charge in [-0.25, -0.2) is 0 Å². The number of ether oxygens (including phenoxy) is 1. The summed E-state index contributed by atoms with van der Waals surface area (Å²) in [6.07, 6.45) is -7.13. The van der Waals surface area contributed by atoms with Crippen LogP contribution in [-0.4, -0.2) is 55.4 Å². The van der Waals surface area contributed by atoms with Crippen molar-refractivity contribution in [3.05, 3.63) is 35.9 Å². The van der Waals surface area contributed by atoms with Crippen molar-refractivity contribution in [2.75, 3.05) is 33.2 Å². The zero-order valence-electron chi connectivity index (χ0n) is 13.9. The summed E-state index contributed by atoms with van der Waals surface area (Å²) in [6, 6.07) is 9.65. The molecule has 1 fully saturated rings. The van der Waals surface area contributed by atoms with Crippen LogP contribution in [0.5, 0.6) is 0 Å². The monoisotopic (exact) mass is 291 g/mol. The van der Waals surface area contributed by atoms with E-state index >= 15 is 0 Å². The number of halogens is 3. The van der Waals surface area contributed by atoms with Crippen LogP contribution in [0.25, 0.3) is 0 Å². The highest BCUT2D eigenvalue weighted by Gasteiger charge is 2.44. The normalized spacial score (nSPS) is 22.9. The fourth-order valence-electron chi connectivity index (χ4n) is 2.35. The lowest BCUT2D eigenvalue weighted by Gasteiger charge is -2.39. The summed E-state index contributed by atoms with van der Waals surface area (Å²) in [5.41, 5.74) is 1.09. The molecule has 0 bridgehead atoms. The molecule has 1 unspecified atom stereocenters. The van der Waals surface area contributed by atoms with Gasteiger partial charge < -0.3 is 4.74 Å². The van der Waals surface area contributed by atoms with Crippen molar-refractivity contribution in [1.82, 2.24) is 9.80 Å². The third-order valence-corrected chi connectivity index (χ3v) is 3.38. The number of hydrogen-bond donors (Lipinski definition) is 0. The van der Waals surface area contributed by atoms with Gasteiger partial charge in [0.05, 0.1) is 4.11 Å². The quantitative estimate of drug-likeness (QED) is 0.847. The fourth-order valence-corrected chi connectivity index (χ4v) is 2.35. The van der Waals surface area contributed by atoms with Gasteiger partial charge in [0.25, 0.3) is 0 Å². The van der Waals surface area contributed by atoms with Gasteiger partial charge in [0.15, 0.2) is 0 Å². The Bertz CT molecular complexity index is 488. The highest BCUT2D eigenvalue weighted by molar-refractivity contribution is 5.14. The zero-order valence-corrected chi connectivity index (χ0v) is 10.9. The average Bonchev–Trinajstić information content (AvgIpc) is 2.45. The van der Waals surface area contributed by atoms with Crippen molar-refractivity contribution in [2.24, 2.45) is 0 Å². The van der Waals surface area contributed by atoms with Gasteiger partial charge in [0.1, 0.15) is 0 Å². The predicted octanol–water partition coefficient (Wildman–Crippen LogP) is 2.34. The molecule has 1 aromatic rings. The molecule has 1 heterocycles. The lowest BCUT2D eigenvalue weighted by Crippen LogP contribution is -2.55. The Morgan fingerprint density at radius 1 is 1.20 bits per heavy atom. The summed E-state index contributed by atoms with van der Waals surface area (Å²) in [7, 11) is -3.08. The van der Waals surface area contributed by atoms with Gasteiger partial charge in [-0.3, -0.25) is 9.80 Å². The number of alkyl halides is 3. The highest BCUT2D eigenvalue weighted by atomic mass is 19.4. The minimum absolute atomic E-state index is 0.104. The Hall–Kier alpha value is -1.11. The molecule has 0 aromatic heterocycles. The smallest absolute Gasteiger partial charge is 0.357 e. The minimum atomic E-state index is -4.74. The van der Waals surface area contributed by atoms with Crippen molar-refractivity contribution in [1.29, 1.82) is 0 Å². The van der Waals surface area contributed by atoms with Crippen LogP contribution in [-0.2, 0) is 11.3 Å². The first-order valence-corrected chi connectivity index (χ1v) is 6.40. The second kappa shape index (κ2) is 6.56. The molecule has 0 radical (unpaired) electrons. The van der Waals surface area contributed by atoms with Crippen LogP contribution in [0.4, 0.5) is 13.2 Å². The Morgan fingerprint density at radius 2 is 1.85 bits per heavy atom. The number of methoxy groups -OCH3 is 1. The number of hydrogen-bond acceptors (Lipinski definition) is 3. The van der Waals surface area contributed by atoms with Crippen LogP contribution in [0, 0.1) is 0 Å². The van der Waals surface area contributed by atoms with E-state index in [0.717, 1.165) is 10.5 Å². The molecule has 1 aliphatic heterocycles. The molecule has 3 nitrogen and oxygen atoms in total. The van der Waals surface area contributed by atoms with Gasteiger partial charge in [0, 0.05) is 39.8 Å². The van der Waals surface area contributed by atoms with Crippen molar-refractivity contribution in [3.8, 4) is 0 Å². The first-order valence-electron chi connectivity index (χ1n) is 7.90. The fraction of sp³-hybridized carbons (Fsp3) is 0.571. The van der Waals surface area contributed by atoms with Gasteiger partial charge in [0.2, 0.25) is 6.23 Å². The number of nitrogens with zero attached hydrogens (tertiary/aromatic N) is 2. The summed E-state index contributed by atoms with van der Waals surface area (Å²) in [6.45, 7) is 1.71. The van der Waals surface area contributed by atoms with Crippen molar-refractivity contribution in [3.63, 3.8) is 0 Å². The molecule has 1 aromatic carbocycles. The standard InChI is InChI=1S/C14H19F3N2O/c1-20-13(14(15,16)17)19-9-7-18(8-10-19)11-12-5-3-2-4-6-12/h2-6,13H,7-11H2,1H3/i1D3. The summed E-state index contributed by atoms with van der Waals surface area (Å²) in [5, 5.41) is 0. The van der Waals surface area contributed by atoms with Crippen LogP contribution >= 0.6 is 0 Å². The third kappa shape index (κ3) is 3.94. The van der Waals surface area contributed by atoms with E-state index in [-0.39, 0.29) is 13.1 Å². The largest absolute Gasteiger partial charge is 0.428 e. The van der Waals surface area contributed by atoms with Gasteiger partial charge in [-0.2, -0.15) is 13.2 Å². The van der Waals surface area contributed by atoms with Gasteiger partial charge in [-0.05, 0) is 5.56 Å². The Labute approximate surface area is 121 Å². The minimum Gasteiger partial charge on any atom is -0.357 e. The maximum atomic E-state index is 13.0. The second-order valence-electron chi connectivity index (χ2n) is 4.81. The van der Waals surface area contributed by atoms with Crippen LogP contribution in [0.3, 0.4) is 0 Å².